The van der Waals surface area contributed by atoms with Gasteiger partial charge in [0.15, 0.2) is 0 Å². The third-order valence-electron chi connectivity index (χ3n) is 3.05. The van der Waals surface area contributed by atoms with E-state index in [1.54, 1.807) is 6.92 Å². The molecule has 2 aromatic rings. The average molecular weight is 379 g/mol. The van der Waals surface area contributed by atoms with Crippen molar-refractivity contribution in [2.75, 3.05) is 6.54 Å². The van der Waals surface area contributed by atoms with E-state index in [0.717, 1.165) is 13.1 Å². The number of benzene rings is 2. The Morgan fingerprint density at radius 2 is 1.65 bits per heavy atom. The third-order valence-corrected chi connectivity index (χ3v) is 4.10. The van der Waals surface area contributed by atoms with Gasteiger partial charge in [-0.15, -0.1) is 0 Å². The maximum atomic E-state index is 11.5. The van der Waals surface area contributed by atoms with Crippen molar-refractivity contribution < 1.29 is 4.79 Å². The van der Waals surface area contributed by atoms with Crippen molar-refractivity contribution in [1.29, 1.82) is 0 Å². The number of ketones is 1. The van der Waals surface area contributed by atoms with Crippen LogP contribution in [0.25, 0.3) is 0 Å². The van der Waals surface area contributed by atoms with E-state index in [0.29, 0.717) is 6.54 Å². The fraction of sp³-hybridized carbons (Fsp3) is 0.235. The summed E-state index contributed by atoms with van der Waals surface area (Å²) < 4.78 is 1.24. The van der Waals surface area contributed by atoms with E-state index in [1.165, 1.54) is 14.7 Å². The number of hydrogen-bond acceptors (Lipinski definition) is 2. The summed E-state index contributed by atoms with van der Waals surface area (Å²) in [6.07, 6.45) is 0. The Bertz CT molecular complexity index is 568. The van der Waals surface area contributed by atoms with E-state index in [1.807, 2.05) is 30.3 Å². The fourth-order valence-corrected chi connectivity index (χ4v) is 2.75. The van der Waals surface area contributed by atoms with Crippen LogP contribution in [0.1, 0.15) is 18.1 Å². The third kappa shape index (κ3) is 4.72. The van der Waals surface area contributed by atoms with E-state index >= 15 is 0 Å². The first kappa shape index (κ1) is 15.2. The van der Waals surface area contributed by atoms with Gasteiger partial charge in [-0.25, -0.2) is 0 Å². The summed E-state index contributed by atoms with van der Waals surface area (Å²) >= 11 is 2.35. The lowest BCUT2D eigenvalue weighted by Crippen LogP contribution is -2.28. The van der Waals surface area contributed by atoms with E-state index < -0.39 is 0 Å². The van der Waals surface area contributed by atoms with Gasteiger partial charge in [-0.1, -0.05) is 48.5 Å². The van der Waals surface area contributed by atoms with Crippen LogP contribution in [-0.4, -0.2) is 17.2 Å². The number of carbonyl (C=O) groups excluding carboxylic acids is 1. The molecule has 2 nitrogen and oxygen atoms in total. The molecule has 0 fully saturated rings. The summed E-state index contributed by atoms with van der Waals surface area (Å²) in [6.45, 7) is 3.73. The summed E-state index contributed by atoms with van der Waals surface area (Å²) in [6, 6.07) is 18.6. The Kier molecular flexibility index (Phi) is 5.73. The molecule has 0 heterocycles. The Morgan fingerprint density at radius 1 is 1.00 bits per heavy atom. The van der Waals surface area contributed by atoms with Gasteiger partial charge in [-0.2, -0.15) is 0 Å². The second-order valence-electron chi connectivity index (χ2n) is 4.92. The van der Waals surface area contributed by atoms with Gasteiger partial charge in [0.1, 0.15) is 5.78 Å². The van der Waals surface area contributed by atoms with Crippen molar-refractivity contribution >= 4 is 28.4 Å². The van der Waals surface area contributed by atoms with Gasteiger partial charge in [0, 0.05) is 16.7 Å². The maximum absolute atomic E-state index is 11.5. The predicted molar refractivity (Wildman–Crippen MR) is 90.4 cm³/mol. The fourth-order valence-electron chi connectivity index (χ4n) is 2.19. The molecule has 0 bridgehead atoms. The molecule has 0 aliphatic rings. The molecule has 0 aliphatic carbocycles. The lowest BCUT2D eigenvalue weighted by Gasteiger charge is -2.22. The average Bonchev–Trinajstić information content (AvgIpc) is 2.42. The van der Waals surface area contributed by atoms with Gasteiger partial charge in [0.25, 0.3) is 0 Å². The van der Waals surface area contributed by atoms with Crippen LogP contribution >= 0.6 is 22.6 Å². The van der Waals surface area contributed by atoms with E-state index in [2.05, 4.69) is 51.8 Å². The van der Waals surface area contributed by atoms with Crippen LogP contribution in [0.5, 0.6) is 0 Å². The number of halogens is 1. The molecule has 0 aliphatic heterocycles. The standard InChI is InChI=1S/C17H18INO/c1-14(20)11-19(12-15-7-3-2-4-8-15)13-16-9-5-6-10-17(16)18/h2-10H,11-13H2,1H3. The van der Waals surface area contributed by atoms with Crippen LogP contribution in [0.15, 0.2) is 54.6 Å². The van der Waals surface area contributed by atoms with Gasteiger partial charge in [0.05, 0.1) is 6.54 Å². The molecule has 0 atom stereocenters. The predicted octanol–water partition coefficient (Wildman–Crippen LogP) is 3.88. The first-order valence-electron chi connectivity index (χ1n) is 6.64. The van der Waals surface area contributed by atoms with Crippen LogP contribution < -0.4 is 0 Å². The largest absolute Gasteiger partial charge is 0.299 e. The van der Waals surface area contributed by atoms with Gasteiger partial charge in [-0.3, -0.25) is 9.69 Å². The lowest BCUT2D eigenvalue weighted by atomic mass is 10.1. The Morgan fingerprint density at radius 3 is 2.30 bits per heavy atom. The first-order valence-corrected chi connectivity index (χ1v) is 7.72. The van der Waals surface area contributed by atoms with Gasteiger partial charge in [-0.05, 0) is 46.7 Å². The van der Waals surface area contributed by atoms with Crippen molar-refractivity contribution in [3.8, 4) is 0 Å². The molecule has 0 spiro atoms. The molecule has 0 amide bonds. The molecule has 0 N–H and O–H groups in total. The highest BCUT2D eigenvalue weighted by atomic mass is 127. The highest BCUT2D eigenvalue weighted by Gasteiger charge is 2.11. The zero-order valence-electron chi connectivity index (χ0n) is 11.6. The molecule has 0 radical (unpaired) electrons. The molecule has 104 valence electrons. The summed E-state index contributed by atoms with van der Waals surface area (Å²) in [5.41, 5.74) is 2.50. The van der Waals surface area contributed by atoms with E-state index in [-0.39, 0.29) is 5.78 Å². The van der Waals surface area contributed by atoms with Crippen LogP contribution in [0.2, 0.25) is 0 Å². The lowest BCUT2D eigenvalue weighted by molar-refractivity contribution is -0.118. The van der Waals surface area contributed by atoms with Crippen LogP contribution in [0, 0.1) is 3.57 Å². The number of Topliss-reactive ketones (excluding diaryl/α,β-unsaturated/α-hetero) is 1. The highest BCUT2D eigenvalue weighted by Crippen LogP contribution is 2.15. The second-order valence-corrected chi connectivity index (χ2v) is 6.09. The first-order chi connectivity index (χ1) is 9.65. The number of rotatable bonds is 6. The molecule has 0 unspecified atom stereocenters. The highest BCUT2D eigenvalue weighted by molar-refractivity contribution is 14.1. The number of hydrogen-bond donors (Lipinski definition) is 0. The molecule has 0 saturated carbocycles. The Hall–Kier alpha value is -1.20. The molecule has 2 rings (SSSR count). The Balaban J connectivity index is 2.12. The smallest absolute Gasteiger partial charge is 0.143 e. The molecule has 20 heavy (non-hydrogen) atoms. The molecule has 3 heteroatoms. The van der Waals surface area contributed by atoms with Crippen LogP contribution in [0.4, 0.5) is 0 Å². The monoisotopic (exact) mass is 379 g/mol. The van der Waals surface area contributed by atoms with Crippen LogP contribution in [-0.2, 0) is 17.9 Å². The summed E-state index contributed by atoms with van der Waals surface area (Å²) in [4.78, 5) is 13.7. The minimum absolute atomic E-state index is 0.201. The molecular formula is C17H18INO. The number of carbonyl (C=O) groups is 1. The SMILES string of the molecule is CC(=O)CN(Cc1ccccc1)Cc1ccccc1I. The van der Waals surface area contributed by atoms with E-state index in [4.69, 9.17) is 0 Å². The van der Waals surface area contributed by atoms with Crippen molar-refractivity contribution in [3.05, 3.63) is 69.3 Å². The van der Waals surface area contributed by atoms with Crippen molar-refractivity contribution in [3.63, 3.8) is 0 Å². The minimum Gasteiger partial charge on any atom is -0.299 e. The molecule has 0 aromatic heterocycles. The van der Waals surface area contributed by atoms with Crippen LogP contribution in [0.3, 0.4) is 0 Å². The molecule has 2 aromatic carbocycles. The summed E-state index contributed by atoms with van der Waals surface area (Å²) in [5, 5.41) is 0. The van der Waals surface area contributed by atoms with Gasteiger partial charge >= 0.3 is 0 Å². The van der Waals surface area contributed by atoms with Crippen molar-refractivity contribution in [2.45, 2.75) is 20.0 Å². The normalized spacial score (nSPS) is 10.8. The maximum Gasteiger partial charge on any atom is 0.143 e. The number of nitrogens with zero attached hydrogens (tertiary/aromatic N) is 1. The van der Waals surface area contributed by atoms with Crippen molar-refractivity contribution in [2.24, 2.45) is 0 Å². The molecule has 0 saturated heterocycles. The second kappa shape index (κ2) is 7.55. The zero-order chi connectivity index (χ0) is 14.4. The van der Waals surface area contributed by atoms with Crippen molar-refractivity contribution in [1.82, 2.24) is 4.90 Å². The minimum atomic E-state index is 0.201. The quantitative estimate of drug-likeness (QED) is 0.710. The topological polar surface area (TPSA) is 20.3 Å². The van der Waals surface area contributed by atoms with E-state index in [9.17, 15) is 4.79 Å². The van der Waals surface area contributed by atoms with Gasteiger partial charge < -0.3 is 0 Å². The Labute approximate surface area is 133 Å². The van der Waals surface area contributed by atoms with Gasteiger partial charge in [0.2, 0.25) is 0 Å². The summed E-state index contributed by atoms with van der Waals surface area (Å²) in [7, 11) is 0. The zero-order valence-corrected chi connectivity index (χ0v) is 13.7. The summed E-state index contributed by atoms with van der Waals surface area (Å²) in [5.74, 6) is 0.201. The molecular weight excluding hydrogens is 361 g/mol.